The summed E-state index contributed by atoms with van der Waals surface area (Å²) in [5, 5.41) is 10.9. The Bertz CT molecular complexity index is 510. The average molecular weight is 335 g/mol. The van der Waals surface area contributed by atoms with Crippen molar-refractivity contribution in [2.45, 2.75) is 6.42 Å². The number of nitrogens with zero attached hydrogens (tertiary/aromatic N) is 2. The van der Waals surface area contributed by atoms with Gasteiger partial charge in [-0.1, -0.05) is 0 Å². The van der Waals surface area contributed by atoms with Crippen molar-refractivity contribution in [2.24, 2.45) is 0 Å². The first-order valence-corrected chi connectivity index (χ1v) is 6.07. The van der Waals surface area contributed by atoms with Crippen LogP contribution in [-0.2, 0) is 9.53 Å². The zero-order valence-electron chi connectivity index (χ0n) is 10.4. The summed E-state index contributed by atoms with van der Waals surface area (Å²) < 4.78 is 17.9. The normalized spacial score (nSPS) is 10.1. The summed E-state index contributed by atoms with van der Waals surface area (Å²) in [5.41, 5.74) is -0.129. The van der Waals surface area contributed by atoms with E-state index >= 15 is 0 Å². The number of carbonyl (C=O) groups excluding carboxylic acids is 1. The molecule has 1 aromatic carbocycles. The molecule has 0 heterocycles. The van der Waals surface area contributed by atoms with Gasteiger partial charge in [-0.25, -0.2) is 4.39 Å². The maximum absolute atomic E-state index is 13.3. The van der Waals surface area contributed by atoms with E-state index < -0.39 is 16.7 Å². The van der Waals surface area contributed by atoms with Gasteiger partial charge in [-0.15, -0.1) is 0 Å². The molecule has 0 fully saturated rings. The predicted molar refractivity (Wildman–Crippen MR) is 70.7 cm³/mol. The summed E-state index contributed by atoms with van der Waals surface area (Å²) in [6, 6.07) is 2.15. The van der Waals surface area contributed by atoms with Crippen LogP contribution in [0.5, 0.6) is 0 Å². The Balaban J connectivity index is 3.01. The molecule has 0 unspecified atom stereocenters. The molecule has 0 atom stereocenters. The van der Waals surface area contributed by atoms with Crippen LogP contribution in [-0.4, -0.2) is 31.6 Å². The highest BCUT2D eigenvalue weighted by Gasteiger charge is 2.20. The summed E-state index contributed by atoms with van der Waals surface area (Å²) in [7, 11) is 2.84. The maximum Gasteiger partial charge on any atom is 0.307 e. The molecular weight excluding hydrogens is 323 g/mol. The molecule has 0 bridgehead atoms. The molecule has 1 rings (SSSR count). The van der Waals surface area contributed by atoms with Gasteiger partial charge in [0.25, 0.3) is 5.69 Å². The number of carbonyl (C=O) groups is 1. The average Bonchev–Trinajstić information content (AvgIpc) is 2.37. The van der Waals surface area contributed by atoms with E-state index in [1.165, 1.54) is 18.1 Å². The number of hydrogen-bond acceptors (Lipinski definition) is 5. The number of nitro groups is 1. The van der Waals surface area contributed by atoms with Crippen LogP contribution in [0.25, 0.3) is 0 Å². The lowest BCUT2D eigenvalue weighted by Crippen LogP contribution is -2.22. The Morgan fingerprint density at radius 1 is 1.58 bits per heavy atom. The molecule has 0 aromatic heterocycles. The molecule has 1 aromatic rings. The second kappa shape index (κ2) is 6.46. The molecule has 0 saturated heterocycles. The molecule has 104 valence electrons. The van der Waals surface area contributed by atoms with Gasteiger partial charge in [0.15, 0.2) is 0 Å². The molecule has 0 N–H and O–H groups in total. The highest BCUT2D eigenvalue weighted by Crippen LogP contribution is 2.32. The number of esters is 1. The Morgan fingerprint density at radius 3 is 2.74 bits per heavy atom. The topological polar surface area (TPSA) is 72.7 Å². The van der Waals surface area contributed by atoms with Gasteiger partial charge in [0.2, 0.25) is 0 Å². The van der Waals surface area contributed by atoms with Gasteiger partial charge in [-0.2, -0.15) is 0 Å². The number of hydrogen-bond donors (Lipinski definition) is 0. The van der Waals surface area contributed by atoms with Gasteiger partial charge in [0.05, 0.1) is 29.0 Å². The maximum atomic E-state index is 13.3. The molecule has 6 nitrogen and oxygen atoms in total. The van der Waals surface area contributed by atoms with Crippen molar-refractivity contribution in [3.63, 3.8) is 0 Å². The SMILES string of the molecule is COC(=O)CCN(C)c1cc(Br)c(F)cc1[N+](=O)[O-]. The number of halogens is 2. The molecule has 0 radical (unpaired) electrons. The van der Waals surface area contributed by atoms with E-state index in [0.29, 0.717) is 0 Å². The fourth-order valence-electron chi connectivity index (χ4n) is 1.46. The van der Waals surface area contributed by atoms with Crippen molar-refractivity contribution in [3.8, 4) is 0 Å². The van der Waals surface area contributed by atoms with Crippen LogP contribution >= 0.6 is 15.9 Å². The molecule has 8 heteroatoms. The van der Waals surface area contributed by atoms with E-state index in [4.69, 9.17) is 0 Å². The van der Waals surface area contributed by atoms with E-state index in [2.05, 4.69) is 20.7 Å². The molecule has 0 aliphatic rings. The van der Waals surface area contributed by atoms with E-state index in [-0.39, 0.29) is 28.8 Å². The van der Waals surface area contributed by atoms with Crippen molar-refractivity contribution in [3.05, 3.63) is 32.5 Å². The van der Waals surface area contributed by atoms with Gasteiger partial charge < -0.3 is 9.64 Å². The summed E-state index contributed by atoms with van der Waals surface area (Å²) in [4.78, 5) is 22.8. The molecule has 0 aliphatic heterocycles. The minimum atomic E-state index is -0.711. The first-order chi connectivity index (χ1) is 8.86. The highest BCUT2D eigenvalue weighted by molar-refractivity contribution is 9.10. The Morgan fingerprint density at radius 2 is 2.21 bits per heavy atom. The third-order valence-corrected chi connectivity index (χ3v) is 3.11. The van der Waals surface area contributed by atoms with Crippen molar-refractivity contribution in [1.82, 2.24) is 0 Å². The number of ether oxygens (including phenoxy) is 1. The van der Waals surface area contributed by atoms with Crippen LogP contribution in [0.2, 0.25) is 0 Å². The van der Waals surface area contributed by atoms with E-state index in [9.17, 15) is 19.3 Å². The lowest BCUT2D eigenvalue weighted by Gasteiger charge is -2.18. The van der Waals surface area contributed by atoms with Gasteiger partial charge in [-0.05, 0) is 22.0 Å². The minimum absolute atomic E-state index is 0.0825. The number of methoxy groups -OCH3 is 1. The van der Waals surface area contributed by atoms with Crippen molar-refractivity contribution < 1.29 is 18.8 Å². The third kappa shape index (κ3) is 3.88. The fraction of sp³-hybridized carbons (Fsp3) is 0.364. The molecule has 0 spiro atoms. The predicted octanol–water partition coefficient (Wildman–Crippen LogP) is 2.50. The van der Waals surface area contributed by atoms with Gasteiger partial charge >= 0.3 is 5.97 Å². The van der Waals surface area contributed by atoms with Gasteiger partial charge in [-0.3, -0.25) is 14.9 Å². The summed E-state index contributed by atoms with van der Waals surface area (Å²) in [5.74, 6) is -1.13. The molecule has 19 heavy (non-hydrogen) atoms. The summed E-state index contributed by atoms with van der Waals surface area (Å²) >= 11 is 2.98. The standard InChI is InChI=1S/C11H12BrFN2O4/c1-14(4-3-11(16)19-2)9-5-7(12)8(13)6-10(9)15(17)18/h5-6H,3-4H2,1-2H3. The number of benzene rings is 1. The van der Waals surface area contributed by atoms with E-state index in [0.717, 1.165) is 6.07 Å². The van der Waals surface area contributed by atoms with Crippen LogP contribution in [0.4, 0.5) is 15.8 Å². The second-order valence-electron chi connectivity index (χ2n) is 3.76. The van der Waals surface area contributed by atoms with Gasteiger partial charge in [0, 0.05) is 13.6 Å². The van der Waals surface area contributed by atoms with Crippen molar-refractivity contribution in [1.29, 1.82) is 0 Å². The third-order valence-electron chi connectivity index (χ3n) is 2.50. The number of anilines is 1. The highest BCUT2D eigenvalue weighted by atomic mass is 79.9. The molecule has 0 saturated carbocycles. The molecule has 0 amide bonds. The second-order valence-corrected chi connectivity index (χ2v) is 4.61. The Kier molecular flexibility index (Phi) is 5.22. The van der Waals surface area contributed by atoms with Crippen LogP contribution in [0.1, 0.15) is 6.42 Å². The zero-order chi connectivity index (χ0) is 14.6. The van der Waals surface area contributed by atoms with E-state index in [1.807, 2.05) is 0 Å². The summed E-state index contributed by atoms with van der Waals surface area (Å²) in [6.07, 6.45) is 0.0825. The largest absolute Gasteiger partial charge is 0.469 e. The van der Waals surface area contributed by atoms with Crippen LogP contribution in [0.3, 0.4) is 0 Å². The smallest absolute Gasteiger partial charge is 0.307 e. The Labute approximate surface area is 117 Å². The lowest BCUT2D eigenvalue weighted by molar-refractivity contribution is -0.384. The first-order valence-electron chi connectivity index (χ1n) is 5.28. The lowest BCUT2D eigenvalue weighted by atomic mass is 10.2. The van der Waals surface area contributed by atoms with Crippen LogP contribution < -0.4 is 4.90 Å². The van der Waals surface area contributed by atoms with Crippen molar-refractivity contribution in [2.75, 3.05) is 25.6 Å². The number of nitro benzene ring substituents is 1. The minimum Gasteiger partial charge on any atom is -0.469 e. The van der Waals surface area contributed by atoms with Crippen molar-refractivity contribution >= 4 is 33.3 Å². The quantitative estimate of drug-likeness (QED) is 0.470. The first kappa shape index (κ1) is 15.4. The van der Waals surface area contributed by atoms with Gasteiger partial charge in [0.1, 0.15) is 11.5 Å². The fourth-order valence-corrected chi connectivity index (χ4v) is 1.79. The molecular formula is C11H12BrFN2O4. The monoisotopic (exact) mass is 334 g/mol. The van der Waals surface area contributed by atoms with Crippen LogP contribution in [0.15, 0.2) is 16.6 Å². The zero-order valence-corrected chi connectivity index (χ0v) is 11.9. The summed E-state index contributed by atoms with van der Waals surface area (Å²) in [6.45, 7) is 0.228. The van der Waals surface area contributed by atoms with Crippen LogP contribution in [0, 0.1) is 15.9 Å². The Hall–Kier alpha value is -1.70. The molecule has 0 aliphatic carbocycles. The number of rotatable bonds is 5. The van der Waals surface area contributed by atoms with E-state index in [1.54, 1.807) is 7.05 Å².